The van der Waals surface area contributed by atoms with Crippen LogP contribution in [0.4, 0.5) is 5.95 Å². The van der Waals surface area contributed by atoms with Crippen molar-refractivity contribution in [3.8, 4) is 0 Å². The van der Waals surface area contributed by atoms with Crippen LogP contribution in [0.2, 0.25) is 0 Å². The van der Waals surface area contributed by atoms with Crippen LogP contribution >= 0.6 is 0 Å². The van der Waals surface area contributed by atoms with Crippen LogP contribution in [-0.4, -0.2) is 42.9 Å². The first kappa shape index (κ1) is 15.3. The maximum absolute atomic E-state index is 12.5. The largest absolute Gasteiger partial charge is 0.335 e. The molecule has 1 amide bonds. The minimum absolute atomic E-state index is 0.0806. The van der Waals surface area contributed by atoms with E-state index >= 15 is 0 Å². The van der Waals surface area contributed by atoms with Gasteiger partial charge in [-0.25, -0.2) is 15.0 Å². The molecule has 3 heterocycles. The molecule has 0 aromatic carbocycles. The second-order valence-corrected chi connectivity index (χ2v) is 6.65. The second-order valence-electron chi connectivity index (χ2n) is 6.65. The molecule has 1 N–H and O–H groups in total. The molecule has 0 radical (unpaired) electrons. The highest BCUT2D eigenvalue weighted by Crippen LogP contribution is 2.40. The van der Waals surface area contributed by atoms with Crippen LogP contribution in [0.3, 0.4) is 0 Å². The molecular formula is C17H22N6O. The van der Waals surface area contributed by atoms with Crippen molar-refractivity contribution < 1.29 is 4.79 Å². The highest BCUT2D eigenvalue weighted by atomic mass is 16.2. The van der Waals surface area contributed by atoms with E-state index in [1.54, 1.807) is 18.5 Å². The van der Waals surface area contributed by atoms with E-state index in [1.807, 2.05) is 6.92 Å². The Balaban J connectivity index is 1.45. The average Bonchev–Trinajstić information content (AvgIpc) is 3.39. The summed E-state index contributed by atoms with van der Waals surface area (Å²) in [6.07, 6.45) is 6.68. The Labute approximate surface area is 141 Å². The molecule has 1 aliphatic heterocycles. The fourth-order valence-corrected chi connectivity index (χ4v) is 3.35. The zero-order chi connectivity index (χ0) is 16.7. The zero-order valence-corrected chi connectivity index (χ0v) is 14.1. The predicted octanol–water partition coefficient (Wildman–Crippen LogP) is 1.47. The third kappa shape index (κ3) is 2.80. The van der Waals surface area contributed by atoms with E-state index in [-0.39, 0.29) is 11.9 Å². The Morgan fingerprint density at radius 2 is 2.08 bits per heavy atom. The fraction of sp³-hybridized carbons (Fsp3) is 0.529. The molecule has 2 aliphatic rings. The van der Waals surface area contributed by atoms with Gasteiger partial charge in [-0.2, -0.15) is 0 Å². The number of hydrogen-bond acceptors (Lipinski definition) is 5. The van der Waals surface area contributed by atoms with E-state index in [9.17, 15) is 4.79 Å². The van der Waals surface area contributed by atoms with E-state index < -0.39 is 0 Å². The number of nitrogens with one attached hydrogen (secondary N) is 1. The molecule has 0 spiro atoms. The van der Waals surface area contributed by atoms with E-state index in [4.69, 9.17) is 4.98 Å². The van der Waals surface area contributed by atoms with Crippen molar-refractivity contribution in [1.29, 1.82) is 0 Å². The monoisotopic (exact) mass is 326 g/mol. The molecule has 0 bridgehead atoms. The Morgan fingerprint density at radius 1 is 1.33 bits per heavy atom. The first-order valence-corrected chi connectivity index (χ1v) is 8.50. The number of aromatic nitrogens is 4. The Hall–Kier alpha value is -2.28. The Kier molecular flexibility index (Phi) is 3.80. The summed E-state index contributed by atoms with van der Waals surface area (Å²) < 4.78 is 2.27. The van der Waals surface area contributed by atoms with Crippen molar-refractivity contribution in [2.24, 2.45) is 7.05 Å². The summed E-state index contributed by atoms with van der Waals surface area (Å²) >= 11 is 0. The van der Waals surface area contributed by atoms with Crippen molar-refractivity contribution in [2.75, 3.05) is 11.9 Å². The number of carbonyl (C=O) groups excluding carboxylic acids is 1. The highest BCUT2D eigenvalue weighted by Gasteiger charge is 2.33. The molecule has 4 rings (SSSR count). The van der Waals surface area contributed by atoms with Gasteiger partial charge in [0, 0.05) is 50.6 Å². The lowest BCUT2D eigenvalue weighted by molar-refractivity contribution is -0.121. The Morgan fingerprint density at radius 3 is 2.79 bits per heavy atom. The zero-order valence-electron chi connectivity index (χ0n) is 14.1. The Bertz CT molecular complexity index is 752. The maximum Gasteiger partial charge on any atom is 0.243 e. The second kappa shape index (κ2) is 5.98. The lowest BCUT2D eigenvalue weighted by Gasteiger charge is -2.31. The lowest BCUT2D eigenvalue weighted by atomic mass is 10.1. The van der Waals surface area contributed by atoms with Gasteiger partial charge in [-0.05, 0) is 25.8 Å². The van der Waals surface area contributed by atoms with Gasteiger partial charge in [0.25, 0.3) is 0 Å². The van der Waals surface area contributed by atoms with Crippen LogP contribution in [0.5, 0.6) is 0 Å². The third-order valence-electron chi connectivity index (χ3n) is 4.99. The quantitative estimate of drug-likeness (QED) is 0.921. The normalized spacial score (nSPS) is 18.9. The number of anilines is 1. The van der Waals surface area contributed by atoms with Gasteiger partial charge >= 0.3 is 0 Å². The van der Waals surface area contributed by atoms with Crippen LogP contribution in [-0.2, 0) is 24.8 Å². The minimum atomic E-state index is -0.242. The van der Waals surface area contributed by atoms with Crippen LogP contribution in [0.1, 0.15) is 42.9 Å². The molecule has 0 unspecified atom stereocenters. The van der Waals surface area contributed by atoms with Gasteiger partial charge in [-0.15, -0.1) is 0 Å². The van der Waals surface area contributed by atoms with Crippen molar-refractivity contribution >= 4 is 11.9 Å². The number of carbonyl (C=O) groups is 1. The number of fused-ring (bicyclic) bond motifs is 1. The fourth-order valence-electron chi connectivity index (χ4n) is 3.35. The first-order valence-electron chi connectivity index (χ1n) is 8.50. The van der Waals surface area contributed by atoms with Gasteiger partial charge in [0.15, 0.2) is 0 Å². The van der Waals surface area contributed by atoms with Crippen molar-refractivity contribution in [3.63, 3.8) is 0 Å². The highest BCUT2D eigenvalue weighted by molar-refractivity contribution is 5.93. The summed E-state index contributed by atoms with van der Waals surface area (Å²) in [6, 6.07) is 1.48. The molecule has 1 saturated carbocycles. The minimum Gasteiger partial charge on any atom is -0.335 e. The molecule has 1 atom stereocenters. The molecule has 2 aromatic heterocycles. The van der Waals surface area contributed by atoms with Crippen LogP contribution < -0.4 is 5.32 Å². The van der Waals surface area contributed by atoms with E-state index in [0.717, 1.165) is 25.2 Å². The van der Waals surface area contributed by atoms with Gasteiger partial charge in [0.05, 0.1) is 11.7 Å². The van der Waals surface area contributed by atoms with Crippen molar-refractivity contribution in [1.82, 2.24) is 24.4 Å². The summed E-state index contributed by atoms with van der Waals surface area (Å²) in [5.41, 5.74) is 2.45. The first-order chi connectivity index (χ1) is 11.6. The van der Waals surface area contributed by atoms with E-state index in [0.29, 0.717) is 11.9 Å². The number of amides is 1. The summed E-state index contributed by atoms with van der Waals surface area (Å²) in [5.74, 6) is 2.13. The topological polar surface area (TPSA) is 75.9 Å². The molecule has 0 saturated heterocycles. The lowest BCUT2D eigenvalue weighted by Crippen LogP contribution is -2.44. The number of imidazole rings is 1. The average molecular weight is 326 g/mol. The number of rotatable bonds is 4. The molecule has 7 nitrogen and oxygen atoms in total. The predicted molar refractivity (Wildman–Crippen MR) is 89.4 cm³/mol. The molecule has 1 fully saturated rings. The molecular weight excluding hydrogens is 304 g/mol. The molecule has 126 valence electrons. The summed E-state index contributed by atoms with van der Waals surface area (Å²) in [6.45, 7) is 3.51. The smallest absolute Gasteiger partial charge is 0.243 e. The van der Waals surface area contributed by atoms with Crippen LogP contribution in [0.15, 0.2) is 18.5 Å². The van der Waals surface area contributed by atoms with Gasteiger partial charge in [0.2, 0.25) is 11.9 Å². The van der Waals surface area contributed by atoms with Gasteiger partial charge in [-0.1, -0.05) is 0 Å². The number of nitrogens with zero attached hydrogens (tertiary/aromatic N) is 5. The number of hydrogen-bond donors (Lipinski definition) is 1. The summed E-state index contributed by atoms with van der Waals surface area (Å²) in [4.78, 5) is 27.6. The van der Waals surface area contributed by atoms with E-state index in [1.165, 1.54) is 24.4 Å². The SMILES string of the molecule is C[C@@H](C(=O)Nc1ncccn1)N1CCc2c(nc(C3CC3)n2C)C1. The third-order valence-corrected chi connectivity index (χ3v) is 4.99. The van der Waals surface area contributed by atoms with Crippen LogP contribution in [0, 0.1) is 0 Å². The van der Waals surface area contributed by atoms with Gasteiger partial charge in [0.1, 0.15) is 5.82 Å². The summed E-state index contributed by atoms with van der Waals surface area (Å²) in [7, 11) is 2.12. The van der Waals surface area contributed by atoms with Gasteiger partial charge in [-0.3, -0.25) is 15.0 Å². The van der Waals surface area contributed by atoms with Crippen molar-refractivity contribution in [2.45, 2.75) is 44.7 Å². The summed E-state index contributed by atoms with van der Waals surface area (Å²) in [5, 5.41) is 2.78. The standard InChI is InChI=1S/C17H22N6O/c1-11(16(24)21-17-18-7-3-8-19-17)23-9-6-14-13(10-23)20-15(22(14)2)12-4-5-12/h3,7-8,11-12H,4-6,9-10H2,1-2H3,(H,18,19,21,24)/t11-/m0/s1. The molecule has 2 aromatic rings. The van der Waals surface area contributed by atoms with Crippen molar-refractivity contribution in [3.05, 3.63) is 35.7 Å². The van der Waals surface area contributed by atoms with Crippen LogP contribution in [0.25, 0.3) is 0 Å². The van der Waals surface area contributed by atoms with Gasteiger partial charge < -0.3 is 4.57 Å². The molecule has 1 aliphatic carbocycles. The van der Waals surface area contributed by atoms with E-state index in [2.05, 4.69) is 31.8 Å². The maximum atomic E-state index is 12.5. The molecule has 24 heavy (non-hydrogen) atoms. The molecule has 7 heteroatoms.